The van der Waals surface area contributed by atoms with Gasteiger partial charge in [0.25, 0.3) is 5.91 Å². The molecule has 4 N–H and O–H groups in total. The third kappa shape index (κ3) is 4.12. The summed E-state index contributed by atoms with van der Waals surface area (Å²) < 4.78 is 14.0. The van der Waals surface area contributed by atoms with Crippen molar-refractivity contribution < 1.29 is 14.0 Å². The number of aromatic nitrogens is 1. The highest BCUT2D eigenvalue weighted by atomic mass is 19.1. The maximum Gasteiger partial charge on any atom is 0.270 e. The van der Waals surface area contributed by atoms with Gasteiger partial charge < -0.3 is 21.4 Å². The molecule has 0 unspecified atom stereocenters. The predicted molar refractivity (Wildman–Crippen MR) is 121 cm³/mol. The molecule has 2 heterocycles. The molecule has 1 aromatic carbocycles. The van der Waals surface area contributed by atoms with Gasteiger partial charge in [-0.05, 0) is 66.6 Å². The first-order chi connectivity index (χ1) is 15.4. The summed E-state index contributed by atoms with van der Waals surface area (Å²) in [5.74, 6) is -0.335. The summed E-state index contributed by atoms with van der Waals surface area (Å²) in [4.78, 5) is 31.6. The molecule has 0 bridgehead atoms. The van der Waals surface area contributed by atoms with E-state index in [1.807, 2.05) is 6.92 Å². The fraction of sp³-hybridized carbons (Fsp3) is 0.333. The van der Waals surface area contributed by atoms with Crippen molar-refractivity contribution in [2.45, 2.75) is 32.7 Å². The lowest BCUT2D eigenvalue weighted by molar-refractivity contribution is -0.125. The first-order valence-corrected chi connectivity index (χ1v) is 10.6. The Morgan fingerprint density at radius 3 is 2.84 bits per heavy atom. The first-order valence-electron chi connectivity index (χ1n) is 10.6. The monoisotopic (exact) mass is 435 g/mol. The summed E-state index contributed by atoms with van der Waals surface area (Å²) in [7, 11) is 0. The molecule has 2 amide bonds. The Morgan fingerprint density at radius 1 is 1.38 bits per heavy atom. The summed E-state index contributed by atoms with van der Waals surface area (Å²) >= 11 is 0. The molecule has 2 fully saturated rings. The van der Waals surface area contributed by atoms with Crippen molar-refractivity contribution in [3.63, 3.8) is 0 Å². The number of nitrogens with one attached hydrogen (secondary N) is 2. The zero-order valence-corrected chi connectivity index (χ0v) is 17.9. The number of pyridine rings is 1. The van der Waals surface area contributed by atoms with E-state index in [4.69, 9.17) is 11.1 Å². The molecule has 2 aromatic rings. The number of hydrogen-bond acceptors (Lipinski definition) is 5. The Labute approximate surface area is 186 Å². The van der Waals surface area contributed by atoms with E-state index in [1.54, 1.807) is 23.1 Å². The van der Waals surface area contributed by atoms with Crippen molar-refractivity contribution in [2.24, 2.45) is 17.1 Å². The summed E-state index contributed by atoms with van der Waals surface area (Å²) in [5, 5.41) is 10.1. The fourth-order valence-corrected chi connectivity index (χ4v) is 4.34. The lowest BCUT2D eigenvalue weighted by Crippen LogP contribution is -2.34. The molecule has 166 valence electrons. The molecule has 1 aliphatic heterocycles. The molecule has 1 aliphatic carbocycles. The third-order valence-corrected chi connectivity index (χ3v) is 6.43. The number of amides is 2. The van der Waals surface area contributed by atoms with E-state index < -0.39 is 11.7 Å². The zero-order chi connectivity index (χ0) is 22.9. The molecule has 1 aromatic heterocycles. The van der Waals surface area contributed by atoms with E-state index in [0.717, 1.165) is 25.5 Å². The molecule has 8 heteroatoms. The van der Waals surface area contributed by atoms with Crippen molar-refractivity contribution in [1.29, 1.82) is 5.41 Å². The average molecular weight is 436 g/mol. The van der Waals surface area contributed by atoms with Crippen LogP contribution in [0.1, 0.15) is 47.8 Å². The Balaban J connectivity index is 1.46. The minimum absolute atomic E-state index is 0.0771. The highest BCUT2D eigenvalue weighted by Crippen LogP contribution is 2.51. The second-order valence-corrected chi connectivity index (χ2v) is 8.59. The van der Waals surface area contributed by atoms with Crippen molar-refractivity contribution in [2.75, 3.05) is 11.4 Å². The van der Waals surface area contributed by atoms with E-state index in [1.165, 1.54) is 24.5 Å². The van der Waals surface area contributed by atoms with Crippen molar-refractivity contribution in [1.82, 2.24) is 10.3 Å². The number of carbonyl (C=O) groups is 2. The van der Waals surface area contributed by atoms with Gasteiger partial charge in [-0.25, -0.2) is 4.39 Å². The van der Waals surface area contributed by atoms with Gasteiger partial charge in [-0.15, -0.1) is 0 Å². The van der Waals surface area contributed by atoms with Gasteiger partial charge in [0.05, 0.1) is 5.41 Å². The van der Waals surface area contributed by atoms with E-state index in [9.17, 15) is 14.0 Å². The van der Waals surface area contributed by atoms with Crippen LogP contribution < -0.4 is 16.0 Å². The Morgan fingerprint density at radius 2 is 2.16 bits per heavy atom. The molecule has 0 spiro atoms. The van der Waals surface area contributed by atoms with Crippen LogP contribution in [0.25, 0.3) is 5.57 Å². The second-order valence-electron chi connectivity index (χ2n) is 8.59. The summed E-state index contributed by atoms with van der Waals surface area (Å²) in [6.07, 6.45) is 6.81. The maximum atomic E-state index is 14.0. The maximum absolute atomic E-state index is 14.0. The number of anilines is 1. The zero-order valence-electron chi connectivity index (χ0n) is 17.9. The van der Waals surface area contributed by atoms with Gasteiger partial charge in [0.1, 0.15) is 11.5 Å². The number of carbonyl (C=O) groups excluding carboxylic acids is 2. The van der Waals surface area contributed by atoms with Crippen LogP contribution in [0, 0.1) is 22.6 Å². The van der Waals surface area contributed by atoms with E-state index in [-0.39, 0.29) is 23.6 Å². The van der Waals surface area contributed by atoms with Crippen molar-refractivity contribution >= 4 is 29.3 Å². The summed E-state index contributed by atoms with van der Waals surface area (Å²) in [6, 6.07) is 7.62. The number of rotatable bonds is 7. The van der Waals surface area contributed by atoms with Crippen LogP contribution in [0.3, 0.4) is 0 Å². The molecule has 1 saturated heterocycles. The van der Waals surface area contributed by atoms with Crippen LogP contribution in [0.2, 0.25) is 0 Å². The quantitative estimate of drug-likeness (QED) is 0.580. The van der Waals surface area contributed by atoms with Crippen LogP contribution in [0.5, 0.6) is 0 Å². The number of nitrogens with two attached hydrogens (primary N) is 1. The van der Waals surface area contributed by atoms with Gasteiger partial charge >= 0.3 is 0 Å². The first kappa shape index (κ1) is 21.7. The molecule has 0 radical (unpaired) electrons. The Bertz CT molecular complexity index is 1110. The topological polar surface area (TPSA) is 112 Å². The lowest BCUT2D eigenvalue weighted by atomic mass is 9.83. The second kappa shape index (κ2) is 8.53. The summed E-state index contributed by atoms with van der Waals surface area (Å²) in [5.41, 5.74) is 7.38. The molecule has 2 aliphatic rings. The van der Waals surface area contributed by atoms with Gasteiger partial charge in [0.2, 0.25) is 5.91 Å². The fourth-order valence-electron chi connectivity index (χ4n) is 4.34. The lowest BCUT2D eigenvalue weighted by Gasteiger charge is -2.23. The Kier molecular flexibility index (Phi) is 5.78. The highest BCUT2D eigenvalue weighted by molar-refractivity contribution is 6.08. The molecular weight excluding hydrogens is 409 g/mol. The molecule has 7 nitrogen and oxygen atoms in total. The molecule has 4 rings (SSSR count). The highest BCUT2D eigenvalue weighted by Gasteiger charge is 2.52. The van der Waals surface area contributed by atoms with Crippen LogP contribution in [-0.4, -0.2) is 29.6 Å². The number of halogens is 1. The number of benzene rings is 1. The Hall–Kier alpha value is -3.55. The molecule has 1 atom stereocenters. The van der Waals surface area contributed by atoms with Crippen molar-refractivity contribution in [3.05, 3.63) is 65.4 Å². The standard InChI is InChI=1S/C24H26FN5O2/c1-24(18-2-3-18)5-7-30(23(24)32)20-4-6-28-21(11-20)22(31)29-14-15-8-16(10-19(25)9-15)17(12-26)13-27/h4,6,8-13,18,26H,2-3,5,7,14,27H2,1H3,(H,29,31)/b17-13+,26-12?/t24-/m0/s1. The number of allylic oxidation sites excluding steroid dienone is 1. The van der Waals surface area contributed by atoms with E-state index >= 15 is 0 Å². The van der Waals surface area contributed by atoms with Gasteiger partial charge in [0.15, 0.2) is 0 Å². The molecule has 32 heavy (non-hydrogen) atoms. The smallest absolute Gasteiger partial charge is 0.270 e. The number of nitrogens with zero attached hydrogens (tertiary/aromatic N) is 2. The van der Waals surface area contributed by atoms with Crippen LogP contribution in [0.15, 0.2) is 42.7 Å². The van der Waals surface area contributed by atoms with Crippen LogP contribution in [0.4, 0.5) is 10.1 Å². The van der Waals surface area contributed by atoms with Crippen molar-refractivity contribution in [3.8, 4) is 0 Å². The van der Waals surface area contributed by atoms with Gasteiger partial charge in [-0.2, -0.15) is 0 Å². The van der Waals surface area contributed by atoms with Gasteiger partial charge in [0, 0.05) is 43.0 Å². The van der Waals surface area contributed by atoms with Gasteiger partial charge in [-0.1, -0.05) is 6.92 Å². The molecular formula is C24H26FN5O2. The van der Waals surface area contributed by atoms with Crippen LogP contribution in [-0.2, 0) is 11.3 Å². The van der Waals surface area contributed by atoms with Gasteiger partial charge in [-0.3, -0.25) is 14.6 Å². The molecule has 1 saturated carbocycles. The third-order valence-electron chi connectivity index (χ3n) is 6.43. The normalized spacial score (nSPS) is 21.0. The number of hydrogen-bond donors (Lipinski definition) is 3. The van der Waals surface area contributed by atoms with Crippen LogP contribution >= 0.6 is 0 Å². The average Bonchev–Trinajstić information content (AvgIpc) is 3.60. The minimum atomic E-state index is -0.487. The SMILES string of the molecule is C[C@@]1(C2CC2)CCN(c2ccnc(C(=O)NCc3cc(F)cc(/C(C=N)=C/N)c3)c2)C1=O. The minimum Gasteiger partial charge on any atom is -0.404 e. The van der Waals surface area contributed by atoms with E-state index in [2.05, 4.69) is 10.3 Å². The van der Waals surface area contributed by atoms with E-state index in [0.29, 0.717) is 34.9 Å². The predicted octanol–water partition coefficient (Wildman–Crippen LogP) is 3.25. The summed E-state index contributed by atoms with van der Waals surface area (Å²) in [6.45, 7) is 2.75. The largest absolute Gasteiger partial charge is 0.404 e.